The molecular formula is C14H15BrFN3. The van der Waals surface area contributed by atoms with Crippen LogP contribution in [-0.2, 0) is 0 Å². The van der Waals surface area contributed by atoms with Crippen LogP contribution in [0, 0.1) is 17.1 Å². The highest BCUT2D eigenvalue weighted by atomic mass is 79.9. The molecule has 1 aromatic carbocycles. The van der Waals surface area contributed by atoms with Gasteiger partial charge in [0, 0.05) is 25.2 Å². The zero-order valence-electron chi connectivity index (χ0n) is 10.5. The van der Waals surface area contributed by atoms with Gasteiger partial charge in [0.15, 0.2) is 5.82 Å². The molecule has 0 aromatic heterocycles. The van der Waals surface area contributed by atoms with Crippen LogP contribution >= 0.6 is 15.9 Å². The molecule has 2 aliphatic rings. The van der Waals surface area contributed by atoms with Crippen molar-refractivity contribution in [2.45, 2.75) is 31.3 Å². The summed E-state index contributed by atoms with van der Waals surface area (Å²) in [5.74, 6) is -0.371. The topological polar surface area (TPSA) is 39.1 Å². The van der Waals surface area contributed by atoms with Gasteiger partial charge in [0.1, 0.15) is 6.07 Å². The van der Waals surface area contributed by atoms with Crippen molar-refractivity contribution >= 4 is 21.6 Å². The largest absolute Gasteiger partial charge is 0.379 e. The van der Waals surface area contributed by atoms with Crippen molar-refractivity contribution in [2.24, 2.45) is 0 Å². The molecule has 19 heavy (non-hydrogen) atoms. The predicted octanol–water partition coefficient (Wildman–Crippen LogP) is 3.11. The average Bonchev–Trinajstić information content (AvgIpc) is 3.16. The second-order valence-electron chi connectivity index (χ2n) is 5.26. The number of nitrogens with one attached hydrogen (secondary N) is 1. The van der Waals surface area contributed by atoms with E-state index in [4.69, 9.17) is 5.26 Å². The van der Waals surface area contributed by atoms with Gasteiger partial charge in [0.05, 0.1) is 15.7 Å². The first-order valence-corrected chi connectivity index (χ1v) is 7.37. The number of halogens is 2. The Labute approximate surface area is 120 Å². The Balaban J connectivity index is 1.70. The molecule has 1 aliphatic heterocycles. The van der Waals surface area contributed by atoms with E-state index in [9.17, 15) is 4.39 Å². The number of hydrogen-bond acceptors (Lipinski definition) is 3. The van der Waals surface area contributed by atoms with Crippen LogP contribution in [-0.4, -0.2) is 30.1 Å². The van der Waals surface area contributed by atoms with Crippen LogP contribution in [0.3, 0.4) is 0 Å². The van der Waals surface area contributed by atoms with Crippen LogP contribution in [0.4, 0.5) is 10.1 Å². The number of benzene rings is 1. The van der Waals surface area contributed by atoms with Gasteiger partial charge in [0.25, 0.3) is 0 Å². The van der Waals surface area contributed by atoms with Crippen LogP contribution in [0.5, 0.6) is 0 Å². The van der Waals surface area contributed by atoms with Gasteiger partial charge >= 0.3 is 0 Å². The smallest absolute Gasteiger partial charge is 0.161 e. The molecule has 1 N–H and O–H groups in total. The highest BCUT2D eigenvalue weighted by Crippen LogP contribution is 2.32. The number of anilines is 1. The fraction of sp³-hybridized carbons (Fsp3) is 0.500. The molecule has 3 nitrogen and oxygen atoms in total. The van der Waals surface area contributed by atoms with Gasteiger partial charge in [-0.1, -0.05) is 0 Å². The third-order valence-corrected chi connectivity index (χ3v) is 4.62. The highest BCUT2D eigenvalue weighted by Gasteiger charge is 2.34. The van der Waals surface area contributed by atoms with E-state index in [1.165, 1.54) is 12.8 Å². The Hall–Kier alpha value is -1.12. The van der Waals surface area contributed by atoms with Gasteiger partial charge in [-0.3, -0.25) is 4.90 Å². The number of nitriles is 1. The van der Waals surface area contributed by atoms with Crippen LogP contribution in [0.2, 0.25) is 0 Å². The molecule has 1 aliphatic carbocycles. The SMILES string of the molecule is N#Cc1ccc(NC2CCN(C3CC3)C2)c(F)c1Br. The molecule has 1 aromatic rings. The molecule has 1 unspecified atom stereocenters. The third-order valence-electron chi connectivity index (χ3n) is 3.85. The summed E-state index contributed by atoms with van der Waals surface area (Å²) in [5.41, 5.74) is 0.808. The summed E-state index contributed by atoms with van der Waals surface area (Å²) >= 11 is 3.14. The van der Waals surface area contributed by atoms with Gasteiger partial charge < -0.3 is 5.32 Å². The lowest BCUT2D eigenvalue weighted by atomic mass is 10.2. The van der Waals surface area contributed by atoms with E-state index < -0.39 is 0 Å². The normalized spacial score (nSPS) is 23.3. The molecular weight excluding hydrogens is 309 g/mol. The van der Waals surface area contributed by atoms with E-state index in [1.807, 2.05) is 6.07 Å². The molecule has 100 valence electrons. The van der Waals surface area contributed by atoms with Gasteiger partial charge in [-0.05, 0) is 47.3 Å². The Morgan fingerprint density at radius 2 is 2.16 bits per heavy atom. The Bertz CT molecular complexity index is 536. The summed E-state index contributed by atoms with van der Waals surface area (Å²) in [7, 11) is 0. The van der Waals surface area contributed by atoms with E-state index in [0.29, 0.717) is 17.3 Å². The van der Waals surface area contributed by atoms with Crippen molar-refractivity contribution in [1.82, 2.24) is 4.90 Å². The number of rotatable bonds is 3. The Morgan fingerprint density at radius 3 is 2.84 bits per heavy atom. The first-order chi connectivity index (χ1) is 9.19. The molecule has 2 fully saturated rings. The minimum atomic E-state index is -0.371. The summed E-state index contributed by atoms with van der Waals surface area (Å²) in [4.78, 5) is 2.48. The summed E-state index contributed by atoms with van der Waals surface area (Å²) in [6.07, 6.45) is 3.67. The first-order valence-electron chi connectivity index (χ1n) is 6.57. The van der Waals surface area contributed by atoms with Gasteiger partial charge in [-0.25, -0.2) is 4.39 Å². The lowest BCUT2D eigenvalue weighted by Crippen LogP contribution is -2.28. The van der Waals surface area contributed by atoms with Gasteiger partial charge in [-0.15, -0.1) is 0 Å². The minimum absolute atomic E-state index is 0.247. The van der Waals surface area contributed by atoms with E-state index in [-0.39, 0.29) is 10.3 Å². The second-order valence-corrected chi connectivity index (χ2v) is 6.05. The molecule has 0 spiro atoms. The molecule has 1 atom stereocenters. The molecule has 1 saturated heterocycles. The Kier molecular flexibility index (Phi) is 3.46. The van der Waals surface area contributed by atoms with Gasteiger partial charge in [-0.2, -0.15) is 5.26 Å². The summed E-state index contributed by atoms with van der Waals surface area (Å²) in [6, 6.07) is 6.33. The molecule has 0 bridgehead atoms. The zero-order valence-corrected chi connectivity index (χ0v) is 12.1. The van der Waals surface area contributed by atoms with Crippen LogP contribution in [0.25, 0.3) is 0 Å². The number of hydrogen-bond donors (Lipinski definition) is 1. The minimum Gasteiger partial charge on any atom is -0.379 e. The van der Waals surface area contributed by atoms with Crippen LogP contribution in [0.1, 0.15) is 24.8 Å². The zero-order chi connectivity index (χ0) is 13.4. The highest BCUT2D eigenvalue weighted by molar-refractivity contribution is 9.10. The maximum Gasteiger partial charge on any atom is 0.161 e. The van der Waals surface area contributed by atoms with E-state index in [2.05, 4.69) is 26.1 Å². The van der Waals surface area contributed by atoms with Crippen LogP contribution in [0.15, 0.2) is 16.6 Å². The summed E-state index contributed by atoms with van der Waals surface area (Å²) in [6.45, 7) is 2.09. The van der Waals surface area contributed by atoms with Crippen molar-refractivity contribution in [3.8, 4) is 6.07 Å². The Morgan fingerprint density at radius 1 is 1.37 bits per heavy atom. The second kappa shape index (κ2) is 5.10. The predicted molar refractivity (Wildman–Crippen MR) is 75.4 cm³/mol. The van der Waals surface area contributed by atoms with Crippen molar-refractivity contribution < 1.29 is 4.39 Å². The van der Waals surface area contributed by atoms with E-state index in [0.717, 1.165) is 25.6 Å². The molecule has 0 radical (unpaired) electrons. The summed E-state index contributed by atoms with van der Waals surface area (Å²) < 4.78 is 14.3. The van der Waals surface area contributed by atoms with Crippen molar-refractivity contribution in [3.63, 3.8) is 0 Å². The quantitative estimate of drug-likeness (QED) is 0.929. The van der Waals surface area contributed by atoms with Crippen molar-refractivity contribution in [2.75, 3.05) is 18.4 Å². The van der Waals surface area contributed by atoms with E-state index >= 15 is 0 Å². The molecule has 3 rings (SSSR count). The molecule has 5 heteroatoms. The number of likely N-dealkylation sites (tertiary alicyclic amines) is 1. The lowest BCUT2D eigenvalue weighted by Gasteiger charge is -2.17. The van der Waals surface area contributed by atoms with Crippen molar-refractivity contribution in [1.29, 1.82) is 5.26 Å². The molecule has 0 amide bonds. The fourth-order valence-corrected chi connectivity index (χ4v) is 3.08. The van der Waals surface area contributed by atoms with E-state index in [1.54, 1.807) is 12.1 Å². The standard InChI is InChI=1S/C14H15BrFN3/c15-13-9(7-17)1-4-12(14(13)16)18-10-5-6-19(8-10)11-2-3-11/h1,4,10-11,18H,2-3,5-6,8H2. The monoisotopic (exact) mass is 323 g/mol. The lowest BCUT2D eigenvalue weighted by molar-refractivity contribution is 0.326. The van der Waals surface area contributed by atoms with Crippen LogP contribution < -0.4 is 5.32 Å². The van der Waals surface area contributed by atoms with Gasteiger partial charge in [0.2, 0.25) is 0 Å². The maximum atomic E-state index is 14.1. The number of nitrogens with zero attached hydrogens (tertiary/aromatic N) is 2. The third kappa shape index (κ3) is 2.60. The first kappa shape index (κ1) is 12.9. The molecule has 1 saturated carbocycles. The average molecular weight is 324 g/mol. The fourth-order valence-electron chi connectivity index (χ4n) is 2.64. The summed E-state index contributed by atoms with van der Waals surface area (Å²) in [5, 5.41) is 12.1. The van der Waals surface area contributed by atoms with Crippen molar-refractivity contribution in [3.05, 3.63) is 28.0 Å². The maximum absolute atomic E-state index is 14.1. The molecule has 1 heterocycles.